The predicted molar refractivity (Wildman–Crippen MR) is 122 cm³/mol. The summed E-state index contributed by atoms with van der Waals surface area (Å²) in [5.74, 6) is 1.13. The Morgan fingerprint density at radius 2 is 1.83 bits per heavy atom. The van der Waals surface area contributed by atoms with Crippen LogP contribution in [-0.2, 0) is 0 Å². The zero-order chi connectivity index (χ0) is 20.8. The van der Waals surface area contributed by atoms with Gasteiger partial charge in [-0.1, -0.05) is 60.5 Å². The van der Waals surface area contributed by atoms with E-state index >= 15 is 0 Å². The van der Waals surface area contributed by atoms with Crippen LogP contribution in [0, 0.1) is 5.92 Å². The van der Waals surface area contributed by atoms with Crippen LogP contribution in [0.1, 0.15) is 43.7 Å². The Balaban J connectivity index is 1.72. The fraction of sp³-hybridized carbons (Fsp3) is 0.261. The van der Waals surface area contributed by atoms with Gasteiger partial charge in [-0.2, -0.15) is 0 Å². The molecule has 0 aliphatic carbocycles. The summed E-state index contributed by atoms with van der Waals surface area (Å²) in [7, 11) is 0. The van der Waals surface area contributed by atoms with Gasteiger partial charge in [0.25, 0.3) is 0 Å². The highest BCUT2D eigenvalue weighted by Crippen LogP contribution is 2.24. The largest absolute Gasteiger partial charge is 0.369 e. The second-order valence-electron chi connectivity index (χ2n) is 7.20. The molecule has 2 aromatic carbocycles. The predicted octanol–water partition coefficient (Wildman–Crippen LogP) is 6.17. The zero-order valence-electron chi connectivity index (χ0n) is 16.4. The molecule has 1 heterocycles. The van der Waals surface area contributed by atoms with Gasteiger partial charge in [-0.15, -0.1) is 0 Å². The number of nitrogens with one attached hydrogen (secondary N) is 2. The Morgan fingerprint density at radius 1 is 1.07 bits per heavy atom. The fourth-order valence-corrected chi connectivity index (χ4v) is 3.49. The Labute approximate surface area is 182 Å². The summed E-state index contributed by atoms with van der Waals surface area (Å²) in [5, 5.41) is 18.1. The van der Waals surface area contributed by atoms with Crippen molar-refractivity contribution in [2.24, 2.45) is 10.9 Å². The van der Waals surface area contributed by atoms with Crippen molar-refractivity contribution in [3.8, 4) is 0 Å². The van der Waals surface area contributed by atoms with Gasteiger partial charge in [-0.3, -0.25) is 0 Å². The van der Waals surface area contributed by atoms with E-state index in [9.17, 15) is 5.11 Å². The van der Waals surface area contributed by atoms with Gasteiger partial charge < -0.3 is 15.7 Å². The molecule has 2 unspecified atom stereocenters. The lowest BCUT2D eigenvalue weighted by molar-refractivity contribution is 0.208. The van der Waals surface area contributed by atoms with Crippen molar-refractivity contribution in [1.29, 1.82) is 0 Å². The average molecular weight is 430 g/mol. The molecule has 152 valence electrons. The van der Waals surface area contributed by atoms with Gasteiger partial charge in [0.2, 0.25) is 0 Å². The third-order valence-corrected chi connectivity index (χ3v) is 5.10. The Bertz CT molecular complexity index is 939. The molecule has 1 aliphatic heterocycles. The normalized spacial score (nSPS) is 18.7. The summed E-state index contributed by atoms with van der Waals surface area (Å²) >= 11 is 12.2. The Kier molecular flexibility index (Phi) is 7.37. The van der Waals surface area contributed by atoms with Crippen LogP contribution in [0.15, 0.2) is 77.6 Å². The molecule has 1 aliphatic rings. The van der Waals surface area contributed by atoms with Crippen LogP contribution in [0.3, 0.4) is 0 Å². The van der Waals surface area contributed by atoms with E-state index in [2.05, 4.69) is 35.5 Å². The average Bonchev–Trinajstić information content (AvgIpc) is 2.67. The van der Waals surface area contributed by atoms with E-state index in [-0.39, 0.29) is 6.04 Å². The summed E-state index contributed by atoms with van der Waals surface area (Å²) in [6.45, 7) is 4.21. The van der Waals surface area contributed by atoms with Crippen molar-refractivity contribution in [2.45, 2.75) is 32.5 Å². The lowest BCUT2D eigenvalue weighted by atomic mass is 10.1. The van der Waals surface area contributed by atoms with Crippen LogP contribution in [0.5, 0.6) is 0 Å². The quantitative estimate of drug-likeness (QED) is 0.481. The second-order valence-corrected chi connectivity index (χ2v) is 8.02. The molecule has 29 heavy (non-hydrogen) atoms. The smallest absolute Gasteiger partial charge is 0.150 e. The number of aliphatic imine (C=N–C) groups is 1. The van der Waals surface area contributed by atoms with Gasteiger partial charge in [0.15, 0.2) is 6.23 Å². The van der Waals surface area contributed by atoms with Crippen molar-refractivity contribution < 1.29 is 5.11 Å². The van der Waals surface area contributed by atoms with Crippen molar-refractivity contribution in [1.82, 2.24) is 5.32 Å². The molecule has 0 aromatic heterocycles. The van der Waals surface area contributed by atoms with Gasteiger partial charge >= 0.3 is 0 Å². The van der Waals surface area contributed by atoms with Gasteiger partial charge in [0.1, 0.15) is 11.0 Å². The number of allylic oxidation sites excluding steroid dienone is 3. The van der Waals surface area contributed by atoms with E-state index in [4.69, 9.17) is 23.2 Å². The summed E-state index contributed by atoms with van der Waals surface area (Å²) in [6.07, 6.45) is 6.03. The molecule has 0 saturated heterocycles. The van der Waals surface area contributed by atoms with E-state index < -0.39 is 6.23 Å². The van der Waals surface area contributed by atoms with Gasteiger partial charge in [-0.25, -0.2) is 4.99 Å². The van der Waals surface area contributed by atoms with E-state index in [1.807, 2.05) is 48.6 Å². The van der Waals surface area contributed by atoms with Crippen LogP contribution >= 0.6 is 23.2 Å². The first-order chi connectivity index (χ1) is 13.9. The number of nitrogens with zero attached hydrogens (tertiary/aromatic N) is 1. The van der Waals surface area contributed by atoms with Crippen molar-refractivity contribution in [3.05, 3.63) is 88.7 Å². The van der Waals surface area contributed by atoms with Crippen molar-refractivity contribution in [2.75, 3.05) is 5.32 Å². The highest BCUT2D eigenvalue weighted by molar-refractivity contribution is 6.68. The SMILES string of the molecule is CC1C=C(N[C@@H](C)c2cccc(NC(O)c3cccc(Cl)c3)c2)N=C(Cl)C=CC1. The summed E-state index contributed by atoms with van der Waals surface area (Å²) < 4.78 is 0. The van der Waals surface area contributed by atoms with Crippen LogP contribution in [0.2, 0.25) is 5.02 Å². The first kappa shape index (κ1) is 21.4. The first-order valence-corrected chi connectivity index (χ1v) is 10.4. The third kappa shape index (κ3) is 6.36. The Morgan fingerprint density at radius 3 is 2.62 bits per heavy atom. The molecule has 0 saturated carbocycles. The maximum absolute atomic E-state index is 10.5. The van der Waals surface area contributed by atoms with Crippen molar-refractivity contribution in [3.63, 3.8) is 0 Å². The lowest BCUT2D eigenvalue weighted by Crippen LogP contribution is -2.19. The minimum atomic E-state index is -0.850. The van der Waals surface area contributed by atoms with Gasteiger partial charge in [0.05, 0.1) is 6.04 Å². The summed E-state index contributed by atoms with van der Waals surface area (Å²) in [6, 6.07) is 15.1. The Hall–Kier alpha value is -2.27. The first-order valence-electron chi connectivity index (χ1n) is 9.60. The molecule has 0 fully saturated rings. The van der Waals surface area contributed by atoms with E-state index in [0.717, 1.165) is 23.5 Å². The number of aliphatic hydroxyl groups is 1. The maximum Gasteiger partial charge on any atom is 0.150 e. The molecule has 0 bridgehead atoms. The molecule has 3 N–H and O–H groups in total. The number of aliphatic hydroxyl groups excluding tert-OH is 1. The van der Waals surface area contributed by atoms with Crippen LogP contribution < -0.4 is 10.6 Å². The molecule has 0 amide bonds. The van der Waals surface area contributed by atoms with Crippen LogP contribution in [0.4, 0.5) is 5.69 Å². The number of halogens is 2. The zero-order valence-corrected chi connectivity index (χ0v) is 18.0. The number of hydrogen-bond acceptors (Lipinski definition) is 4. The second kappa shape index (κ2) is 9.97. The lowest BCUT2D eigenvalue weighted by Gasteiger charge is -2.20. The minimum absolute atomic E-state index is 0.00938. The topological polar surface area (TPSA) is 56.6 Å². The molecule has 0 radical (unpaired) electrons. The number of benzene rings is 2. The van der Waals surface area contributed by atoms with E-state index in [1.165, 1.54) is 0 Å². The van der Waals surface area contributed by atoms with Crippen LogP contribution in [-0.4, -0.2) is 10.3 Å². The van der Waals surface area contributed by atoms with E-state index in [1.54, 1.807) is 12.1 Å². The number of hydrogen-bond donors (Lipinski definition) is 3. The molecular weight excluding hydrogens is 405 g/mol. The van der Waals surface area contributed by atoms with E-state index in [0.29, 0.717) is 21.7 Å². The molecule has 4 nitrogen and oxygen atoms in total. The van der Waals surface area contributed by atoms with Gasteiger partial charge in [-0.05, 0) is 61.2 Å². The maximum atomic E-state index is 10.5. The number of rotatable bonds is 6. The monoisotopic (exact) mass is 429 g/mol. The van der Waals surface area contributed by atoms with Crippen LogP contribution in [0.25, 0.3) is 0 Å². The molecule has 2 aromatic rings. The van der Waals surface area contributed by atoms with Crippen molar-refractivity contribution >= 4 is 34.1 Å². The van der Waals surface area contributed by atoms with Gasteiger partial charge in [0, 0.05) is 16.3 Å². The molecule has 0 spiro atoms. The molecule has 3 atom stereocenters. The highest BCUT2D eigenvalue weighted by Gasteiger charge is 2.12. The standard InChI is InChI=1S/C23H25Cl2N3O/c1-15-6-3-11-21(25)28-22(12-15)26-16(2)17-7-5-10-20(14-17)27-23(29)18-8-4-9-19(24)13-18/h3-5,7-16,23,26-27,29H,6H2,1-2H3/t15?,16-,23?/m0/s1. The molecular formula is C23H25Cl2N3O. The molecule has 3 rings (SSSR count). The summed E-state index contributed by atoms with van der Waals surface area (Å²) in [5.41, 5.74) is 2.58. The minimum Gasteiger partial charge on any atom is -0.369 e. The fourth-order valence-electron chi connectivity index (χ4n) is 3.11. The number of anilines is 1. The molecule has 6 heteroatoms. The highest BCUT2D eigenvalue weighted by atomic mass is 35.5. The third-order valence-electron chi connectivity index (χ3n) is 4.65. The summed E-state index contributed by atoms with van der Waals surface area (Å²) in [4.78, 5) is 4.45.